The Hall–Kier alpha value is -2.33. The molecule has 0 spiro atoms. The van der Waals surface area contributed by atoms with E-state index in [1.165, 1.54) is 7.11 Å². The van der Waals surface area contributed by atoms with Gasteiger partial charge in [-0.1, -0.05) is 41.9 Å². The minimum absolute atomic E-state index is 0.0523. The summed E-state index contributed by atoms with van der Waals surface area (Å²) >= 11 is 5.99. The average molecular weight is 318 g/mol. The van der Waals surface area contributed by atoms with Crippen LogP contribution < -0.4 is 10.1 Å². The van der Waals surface area contributed by atoms with Crippen LogP contribution in [0.15, 0.2) is 48.5 Å². The highest BCUT2D eigenvalue weighted by Crippen LogP contribution is 2.27. The third-order valence-corrected chi connectivity index (χ3v) is 3.41. The van der Waals surface area contributed by atoms with Crippen molar-refractivity contribution in [3.8, 4) is 5.75 Å². The monoisotopic (exact) mass is 317 g/mol. The number of hydrogen-bond acceptors (Lipinski definition) is 3. The number of hydrogen-bond donors (Lipinski definition) is 1. The van der Waals surface area contributed by atoms with Crippen LogP contribution in [0.5, 0.6) is 5.75 Å². The Morgan fingerprint density at radius 1 is 1.09 bits per heavy atom. The van der Waals surface area contributed by atoms with E-state index in [4.69, 9.17) is 16.3 Å². The van der Waals surface area contributed by atoms with Gasteiger partial charge in [-0.05, 0) is 18.2 Å². The number of amides is 1. The molecule has 22 heavy (non-hydrogen) atoms. The zero-order valence-corrected chi connectivity index (χ0v) is 12.9. The fourth-order valence-electron chi connectivity index (χ4n) is 1.96. The molecule has 0 aliphatic heterocycles. The summed E-state index contributed by atoms with van der Waals surface area (Å²) in [6.07, 6.45) is 0.289. The van der Waals surface area contributed by atoms with Gasteiger partial charge in [0.2, 0.25) is 5.91 Å². The van der Waals surface area contributed by atoms with E-state index in [0.29, 0.717) is 22.0 Å². The standard InChI is InChI=1S/C17H16ClNO3/c1-22-16-9-7-13(11-14(16)18)19-17(21)10-8-15(20)12-5-3-2-4-6-12/h2-7,9,11H,8,10H2,1H3,(H,19,21). The highest BCUT2D eigenvalue weighted by atomic mass is 35.5. The highest BCUT2D eigenvalue weighted by Gasteiger charge is 2.10. The lowest BCUT2D eigenvalue weighted by Gasteiger charge is -2.08. The molecule has 2 rings (SSSR count). The topological polar surface area (TPSA) is 55.4 Å². The zero-order valence-electron chi connectivity index (χ0n) is 12.1. The molecule has 4 nitrogen and oxygen atoms in total. The number of benzene rings is 2. The van der Waals surface area contributed by atoms with Crippen molar-refractivity contribution >= 4 is 29.0 Å². The van der Waals surface area contributed by atoms with E-state index in [9.17, 15) is 9.59 Å². The van der Waals surface area contributed by atoms with E-state index >= 15 is 0 Å². The maximum absolute atomic E-state index is 11.9. The molecule has 0 unspecified atom stereocenters. The van der Waals surface area contributed by atoms with Crippen LogP contribution in [0.1, 0.15) is 23.2 Å². The van der Waals surface area contributed by atoms with Gasteiger partial charge in [-0.3, -0.25) is 9.59 Å². The fourth-order valence-corrected chi connectivity index (χ4v) is 2.22. The van der Waals surface area contributed by atoms with Crippen LogP contribution in [0, 0.1) is 0 Å². The first-order valence-electron chi connectivity index (χ1n) is 6.82. The Labute approximate surface area is 134 Å². The molecule has 0 aliphatic carbocycles. The molecule has 1 amide bonds. The molecule has 1 N–H and O–H groups in total. The Morgan fingerprint density at radius 2 is 1.82 bits per heavy atom. The van der Waals surface area contributed by atoms with Crippen LogP contribution in [-0.2, 0) is 4.79 Å². The lowest BCUT2D eigenvalue weighted by molar-refractivity contribution is -0.116. The molecule has 0 atom stereocenters. The average Bonchev–Trinajstić information content (AvgIpc) is 2.53. The van der Waals surface area contributed by atoms with Crippen molar-refractivity contribution in [3.05, 3.63) is 59.1 Å². The number of anilines is 1. The number of carbonyl (C=O) groups is 2. The summed E-state index contributed by atoms with van der Waals surface area (Å²) in [6.45, 7) is 0. The zero-order chi connectivity index (χ0) is 15.9. The molecule has 0 aromatic heterocycles. The van der Waals surface area contributed by atoms with Gasteiger partial charge in [0.25, 0.3) is 0 Å². The van der Waals surface area contributed by atoms with Crippen molar-refractivity contribution < 1.29 is 14.3 Å². The number of Topliss-reactive ketones (excluding diaryl/α,β-unsaturated/α-hetero) is 1. The molecule has 114 valence electrons. The number of carbonyl (C=O) groups excluding carboxylic acids is 2. The van der Waals surface area contributed by atoms with E-state index in [0.717, 1.165) is 0 Å². The van der Waals surface area contributed by atoms with Crippen molar-refractivity contribution in [2.75, 3.05) is 12.4 Å². The lowest BCUT2D eigenvalue weighted by atomic mass is 10.1. The molecular formula is C17H16ClNO3. The Bertz CT molecular complexity index is 671. The number of methoxy groups -OCH3 is 1. The van der Waals surface area contributed by atoms with Gasteiger partial charge in [0, 0.05) is 24.1 Å². The third-order valence-electron chi connectivity index (χ3n) is 3.11. The molecule has 0 heterocycles. The molecule has 2 aromatic carbocycles. The highest BCUT2D eigenvalue weighted by molar-refractivity contribution is 6.32. The van der Waals surface area contributed by atoms with Gasteiger partial charge in [0.15, 0.2) is 5.78 Å². The van der Waals surface area contributed by atoms with Crippen LogP contribution in [-0.4, -0.2) is 18.8 Å². The van der Waals surface area contributed by atoms with Crippen LogP contribution in [0.25, 0.3) is 0 Å². The predicted octanol–water partition coefficient (Wildman–Crippen LogP) is 3.95. The van der Waals surface area contributed by atoms with E-state index in [1.807, 2.05) is 6.07 Å². The molecular weight excluding hydrogens is 302 g/mol. The molecule has 0 radical (unpaired) electrons. The second-order valence-electron chi connectivity index (χ2n) is 4.69. The maximum Gasteiger partial charge on any atom is 0.224 e. The van der Waals surface area contributed by atoms with E-state index in [1.54, 1.807) is 42.5 Å². The van der Waals surface area contributed by atoms with Gasteiger partial charge in [0.1, 0.15) is 5.75 Å². The van der Waals surface area contributed by atoms with Gasteiger partial charge in [-0.2, -0.15) is 0 Å². The van der Waals surface area contributed by atoms with Crippen LogP contribution in [0.4, 0.5) is 5.69 Å². The summed E-state index contributed by atoms with van der Waals surface area (Å²) < 4.78 is 5.04. The van der Waals surface area contributed by atoms with Gasteiger partial charge < -0.3 is 10.1 Å². The lowest BCUT2D eigenvalue weighted by Crippen LogP contribution is -2.13. The van der Waals surface area contributed by atoms with Crippen molar-refractivity contribution in [1.82, 2.24) is 0 Å². The summed E-state index contributed by atoms with van der Waals surface area (Å²) in [6, 6.07) is 13.9. The molecule has 2 aromatic rings. The number of halogens is 1. The first-order chi connectivity index (χ1) is 10.6. The minimum Gasteiger partial charge on any atom is -0.495 e. The fraction of sp³-hybridized carbons (Fsp3) is 0.176. The summed E-state index contributed by atoms with van der Waals surface area (Å²) in [5.41, 5.74) is 1.19. The largest absolute Gasteiger partial charge is 0.495 e. The first-order valence-corrected chi connectivity index (χ1v) is 7.19. The van der Waals surface area contributed by atoms with Gasteiger partial charge in [-0.25, -0.2) is 0 Å². The molecule has 0 saturated carbocycles. The number of nitrogens with one attached hydrogen (secondary N) is 1. The summed E-state index contributed by atoms with van der Waals surface area (Å²) in [5.74, 6) is 0.257. The van der Waals surface area contributed by atoms with Crippen LogP contribution in [0.3, 0.4) is 0 Å². The van der Waals surface area contributed by atoms with Gasteiger partial charge in [0.05, 0.1) is 12.1 Å². The summed E-state index contributed by atoms with van der Waals surface area (Å²) in [7, 11) is 1.52. The quantitative estimate of drug-likeness (QED) is 0.821. The molecule has 0 bridgehead atoms. The maximum atomic E-state index is 11.9. The van der Waals surface area contributed by atoms with Crippen LogP contribution >= 0.6 is 11.6 Å². The second-order valence-corrected chi connectivity index (χ2v) is 5.09. The van der Waals surface area contributed by atoms with Gasteiger partial charge in [-0.15, -0.1) is 0 Å². The van der Waals surface area contributed by atoms with E-state index < -0.39 is 0 Å². The van der Waals surface area contributed by atoms with Crippen LogP contribution in [0.2, 0.25) is 5.02 Å². The smallest absolute Gasteiger partial charge is 0.224 e. The Morgan fingerprint density at radius 3 is 2.45 bits per heavy atom. The SMILES string of the molecule is COc1ccc(NC(=O)CCC(=O)c2ccccc2)cc1Cl. The molecule has 0 aliphatic rings. The predicted molar refractivity (Wildman–Crippen MR) is 86.6 cm³/mol. The minimum atomic E-state index is -0.231. The number of ether oxygens (including phenoxy) is 1. The number of ketones is 1. The molecule has 0 fully saturated rings. The van der Waals surface area contributed by atoms with Crippen molar-refractivity contribution in [1.29, 1.82) is 0 Å². The van der Waals surface area contributed by atoms with Crippen molar-refractivity contribution in [3.63, 3.8) is 0 Å². The Balaban J connectivity index is 1.88. The van der Waals surface area contributed by atoms with Gasteiger partial charge >= 0.3 is 0 Å². The third kappa shape index (κ3) is 4.33. The molecule has 0 saturated heterocycles. The van der Waals surface area contributed by atoms with Crippen molar-refractivity contribution in [2.24, 2.45) is 0 Å². The Kier molecular flexibility index (Phi) is 5.55. The van der Waals surface area contributed by atoms with Crippen molar-refractivity contribution in [2.45, 2.75) is 12.8 Å². The number of rotatable bonds is 6. The normalized spacial score (nSPS) is 10.1. The van der Waals surface area contributed by atoms with E-state index in [2.05, 4.69) is 5.32 Å². The van der Waals surface area contributed by atoms with E-state index in [-0.39, 0.29) is 24.5 Å². The molecule has 5 heteroatoms. The first kappa shape index (κ1) is 16.0. The summed E-state index contributed by atoms with van der Waals surface area (Å²) in [4.78, 5) is 23.8. The summed E-state index contributed by atoms with van der Waals surface area (Å²) in [5, 5.41) is 3.13. The second kappa shape index (κ2) is 7.61.